The Labute approximate surface area is 85.1 Å². The van der Waals surface area contributed by atoms with E-state index in [0.717, 1.165) is 18.7 Å². The molecule has 1 aromatic rings. The van der Waals surface area contributed by atoms with E-state index in [1.165, 1.54) is 0 Å². The van der Waals surface area contributed by atoms with Crippen molar-refractivity contribution in [1.82, 2.24) is 5.32 Å². The molecular formula is C11H19NO2. The number of hydrogen-bond donors (Lipinski definition) is 2. The summed E-state index contributed by atoms with van der Waals surface area (Å²) in [7, 11) is 0. The Morgan fingerprint density at radius 3 is 2.86 bits per heavy atom. The number of furan rings is 1. The van der Waals surface area contributed by atoms with E-state index in [1.54, 1.807) is 6.26 Å². The summed E-state index contributed by atoms with van der Waals surface area (Å²) in [5.41, 5.74) is 0. The first-order valence-electron chi connectivity index (χ1n) is 5.11. The zero-order valence-electron chi connectivity index (χ0n) is 8.86. The highest BCUT2D eigenvalue weighted by atomic mass is 16.3. The predicted molar refractivity (Wildman–Crippen MR) is 56.0 cm³/mol. The quantitative estimate of drug-likeness (QED) is 0.732. The minimum atomic E-state index is 0.242. The van der Waals surface area contributed by atoms with Crippen LogP contribution in [0, 0.1) is 5.92 Å². The fourth-order valence-electron chi connectivity index (χ4n) is 1.34. The molecular weight excluding hydrogens is 178 g/mol. The second-order valence-corrected chi connectivity index (χ2v) is 3.76. The highest BCUT2D eigenvalue weighted by molar-refractivity contribution is 5.02. The van der Waals surface area contributed by atoms with E-state index in [9.17, 15) is 0 Å². The molecule has 0 aromatic carbocycles. The third kappa shape index (κ3) is 3.52. The van der Waals surface area contributed by atoms with Gasteiger partial charge in [0.15, 0.2) is 0 Å². The molecule has 14 heavy (non-hydrogen) atoms. The van der Waals surface area contributed by atoms with Crippen LogP contribution in [0.4, 0.5) is 0 Å². The van der Waals surface area contributed by atoms with Gasteiger partial charge < -0.3 is 14.8 Å². The van der Waals surface area contributed by atoms with Crippen molar-refractivity contribution >= 4 is 0 Å². The Bertz CT molecular complexity index is 233. The molecule has 0 aliphatic rings. The molecule has 0 bridgehead atoms. The van der Waals surface area contributed by atoms with Crippen LogP contribution in [0.5, 0.6) is 0 Å². The first-order chi connectivity index (χ1) is 6.74. The SMILES string of the molecule is CC(CCO)CNC(C)c1ccco1. The predicted octanol–water partition coefficient (Wildman–Crippen LogP) is 1.95. The molecule has 1 rings (SSSR count). The van der Waals surface area contributed by atoms with Crippen LogP contribution in [0.15, 0.2) is 22.8 Å². The summed E-state index contributed by atoms with van der Waals surface area (Å²) in [6, 6.07) is 4.10. The van der Waals surface area contributed by atoms with Crippen LogP contribution < -0.4 is 5.32 Å². The van der Waals surface area contributed by atoms with Crippen molar-refractivity contribution in [3.63, 3.8) is 0 Å². The van der Waals surface area contributed by atoms with E-state index in [2.05, 4.69) is 19.2 Å². The molecule has 3 nitrogen and oxygen atoms in total. The van der Waals surface area contributed by atoms with Crippen LogP contribution in [-0.2, 0) is 0 Å². The highest BCUT2D eigenvalue weighted by Crippen LogP contribution is 2.12. The minimum absolute atomic E-state index is 0.242. The maximum Gasteiger partial charge on any atom is 0.120 e. The Morgan fingerprint density at radius 1 is 1.50 bits per heavy atom. The van der Waals surface area contributed by atoms with E-state index in [4.69, 9.17) is 9.52 Å². The topological polar surface area (TPSA) is 45.4 Å². The third-order valence-electron chi connectivity index (χ3n) is 2.36. The van der Waals surface area contributed by atoms with Gasteiger partial charge in [-0.3, -0.25) is 0 Å². The minimum Gasteiger partial charge on any atom is -0.468 e. The molecule has 0 saturated carbocycles. The van der Waals surface area contributed by atoms with E-state index < -0.39 is 0 Å². The molecule has 0 aliphatic carbocycles. The van der Waals surface area contributed by atoms with E-state index in [0.29, 0.717) is 5.92 Å². The molecule has 0 spiro atoms. The number of nitrogens with one attached hydrogen (secondary N) is 1. The summed E-state index contributed by atoms with van der Waals surface area (Å²) in [6.07, 6.45) is 2.53. The summed E-state index contributed by atoms with van der Waals surface area (Å²) in [5.74, 6) is 1.46. The van der Waals surface area contributed by atoms with Crippen LogP contribution in [-0.4, -0.2) is 18.3 Å². The smallest absolute Gasteiger partial charge is 0.120 e. The molecule has 2 atom stereocenters. The van der Waals surface area contributed by atoms with Gasteiger partial charge in [-0.05, 0) is 37.9 Å². The van der Waals surface area contributed by atoms with Crippen molar-refractivity contribution in [2.75, 3.05) is 13.2 Å². The number of aliphatic hydroxyl groups is 1. The average Bonchev–Trinajstić information content (AvgIpc) is 2.67. The van der Waals surface area contributed by atoms with Gasteiger partial charge in [0.2, 0.25) is 0 Å². The van der Waals surface area contributed by atoms with Gasteiger partial charge in [0, 0.05) is 6.61 Å². The normalized spacial score (nSPS) is 15.4. The highest BCUT2D eigenvalue weighted by Gasteiger charge is 2.08. The molecule has 3 heteroatoms. The monoisotopic (exact) mass is 197 g/mol. The second-order valence-electron chi connectivity index (χ2n) is 3.76. The zero-order chi connectivity index (χ0) is 10.4. The molecule has 0 aliphatic heterocycles. The van der Waals surface area contributed by atoms with Crippen molar-refractivity contribution in [2.45, 2.75) is 26.3 Å². The molecule has 0 amide bonds. The van der Waals surface area contributed by atoms with Gasteiger partial charge in [-0.2, -0.15) is 0 Å². The molecule has 0 fully saturated rings. The molecule has 0 saturated heterocycles. The molecule has 1 heterocycles. The summed E-state index contributed by atoms with van der Waals surface area (Å²) >= 11 is 0. The lowest BCUT2D eigenvalue weighted by Crippen LogP contribution is -2.24. The van der Waals surface area contributed by atoms with Gasteiger partial charge in [-0.1, -0.05) is 6.92 Å². The summed E-state index contributed by atoms with van der Waals surface area (Å²) in [6.45, 7) is 5.36. The lowest BCUT2D eigenvalue weighted by Gasteiger charge is -2.15. The van der Waals surface area contributed by atoms with Crippen LogP contribution >= 0.6 is 0 Å². The maximum atomic E-state index is 8.74. The fraction of sp³-hybridized carbons (Fsp3) is 0.636. The molecule has 80 valence electrons. The average molecular weight is 197 g/mol. The second kappa shape index (κ2) is 5.83. The number of hydrogen-bond acceptors (Lipinski definition) is 3. The van der Waals surface area contributed by atoms with E-state index >= 15 is 0 Å². The Hall–Kier alpha value is -0.800. The molecule has 0 radical (unpaired) electrons. The lowest BCUT2D eigenvalue weighted by molar-refractivity contribution is 0.257. The van der Waals surface area contributed by atoms with Gasteiger partial charge in [-0.25, -0.2) is 0 Å². The van der Waals surface area contributed by atoms with Crippen molar-refractivity contribution in [2.24, 2.45) is 5.92 Å². The number of aliphatic hydroxyl groups excluding tert-OH is 1. The Morgan fingerprint density at radius 2 is 2.29 bits per heavy atom. The summed E-state index contributed by atoms with van der Waals surface area (Å²) in [4.78, 5) is 0. The Kier molecular flexibility index (Phi) is 4.70. The van der Waals surface area contributed by atoms with Crippen LogP contribution in [0.3, 0.4) is 0 Å². The largest absolute Gasteiger partial charge is 0.468 e. The summed E-state index contributed by atoms with van der Waals surface area (Å²) in [5, 5.41) is 12.1. The van der Waals surface area contributed by atoms with E-state index in [-0.39, 0.29) is 12.6 Å². The molecule has 1 aromatic heterocycles. The van der Waals surface area contributed by atoms with Crippen LogP contribution in [0.2, 0.25) is 0 Å². The molecule has 2 N–H and O–H groups in total. The fourth-order valence-corrected chi connectivity index (χ4v) is 1.34. The number of rotatable bonds is 6. The summed E-state index contributed by atoms with van der Waals surface area (Å²) < 4.78 is 5.28. The first-order valence-corrected chi connectivity index (χ1v) is 5.11. The first kappa shape index (κ1) is 11.3. The van der Waals surface area contributed by atoms with Gasteiger partial charge in [-0.15, -0.1) is 0 Å². The van der Waals surface area contributed by atoms with Gasteiger partial charge in [0.25, 0.3) is 0 Å². The standard InChI is InChI=1S/C11H19NO2/c1-9(5-6-13)8-12-10(2)11-4-3-7-14-11/h3-4,7,9-10,12-13H,5-6,8H2,1-2H3. The van der Waals surface area contributed by atoms with Crippen LogP contribution in [0.25, 0.3) is 0 Å². The van der Waals surface area contributed by atoms with Crippen molar-refractivity contribution in [1.29, 1.82) is 0 Å². The van der Waals surface area contributed by atoms with Crippen molar-refractivity contribution in [3.8, 4) is 0 Å². The van der Waals surface area contributed by atoms with Crippen molar-refractivity contribution in [3.05, 3.63) is 24.2 Å². The van der Waals surface area contributed by atoms with Crippen molar-refractivity contribution < 1.29 is 9.52 Å². The molecule has 2 unspecified atom stereocenters. The lowest BCUT2D eigenvalue weighted by atomic mass is 10.1. The third-order valence-corrected chi connectivity index (χ3v) is 2.36. The van der Waals surface area contributed by atoms with Crippen LogP contribution in [0.1, 0.15) is 32.1 Å². The van der Waals surface area contributed by atoms with Gasteiger partial charge in [0.05, 0.1) is 12.3 Å². The Balaban J connectivity index is 2.24. The zero-order valence-corrected chi connectivity index (χ0v) is 8.86. The van der Waals surface area contributed by atoms with Gasteiger partial charge in [0.1, 0.15) is 5.76 Å². The maximum absolute atomic E-state index is 8.74. The van der Waals surface area contributed by atoms with Gasteiger partial charge >= 0.3 is 0 Å². The van der Waals surface area contributed by atoms with E-state index in [1.807, 2.05) is 12.1 Å².